The lowest BCUT2D eigenvalue weighted by Crippen LogP contribution is -2.22. The van der Waals surface area contributed by atoms with E-state index in [1.165, 1.54) is 17.7 Å². The first-order chi connectivity index (χ1) is 10.2. The number of aryl methyl sites for hydroxylation is 1. The zero-order valence-corrected chi connectivity index (χ0v) is 12.2. The predicted octanol–water partition coefficient (Wildman–Crippen LogP) is 3.91. The first kappa shape index (κ1) is 13.9. The Kier molecular flexibility index (Phi) is 3.80. The highest BCUT2D eigenvalue weighted by Gasteiger charge is 2.22. The van der Waals surface area contributed by atoms with Gasteiger partial charge in [-0.05, 0) is 43.0 Å². The van der Waals surface area contributed by atoms with Crippen molar-refractivity contribution in [2.45, 2.75) is 19.3 Å². The summed E-state index contributed by atoms with van der Waals surface area (Å²) < 4.78 is 0. The topological polar surface area (TPSA) is 53.4 Å². The van der Waals surface area contributed by atoms with Gasteiger partial charge in [-0.3, -0.25) is 0 Å². The number of para-hydroxylation sites is 1. The van der Waals surface area contributed by atoms with Crippen molar-refractivity contribution in [3.05, 3.63) is 52.7 Å². The van der Waals surface area contributed by atoms with Crippen LogP contribution in [0.4, 0.5) is 11.5 Å². The van der Waals surface area contributed by atoms with Crippen molar-refractivity contribution in [1.29, 1.82) is 0 Å². The van der Waals surface area contributed by atoms with Crippen LogP contribution in [0.25, 0.3) is 0 Å². The molecule has 3 rings (SSSR count). The molecular weight excluding hydrogens is 288 g/mol. The summed E-state index contributed by atoms with van der Waals surface area (Å²) in [4.78, 5) is 17.7. The van der Waals surface area contributed by atoms with Gasteiger partial charge in [-0.2, -0.15) is 0 Å². The number of fused-ring (bicyclic) bond motifs is 1. The van der Waals surface area contributed by atoms with Crippen molar-refractivity contribution in [3.63, 3.8) is 0 Å². The number of hydrogen-bond acceptors (Lipinski definition) is 3. The monoisotopic (exact) mass is 302 g/mol. The summed E-state index contributed by atoms with van der Waals surface area (Å²) in [6.45, 7) is 0.741. The number of carbonyl (C=O) groups is 1. The van der Waals surface area contributed by atoms with Crippen LogP contribution in [-0.4, -0.2) is 22.6 Å². The molecule has 0 aliphatic carbocycles. The van der Waals surface area contributed by atoms with E-state index in [9.17, 15) is 9.90 Å². The fourth-order valence-electron chi connectivity index (χ4n) is 2.71. The lowest BCUT2D eigenvalue weighted by Gasteiger charge is -2.25. The second kappa shape index (κ2) is 5.74. The minimum atomic E-state index is -0.990. The number of pyridine rings is 1. The summed E-state index contributed by atoms with van der Waals surface area (Å²) >= 11 is 5.98. The number of carboxylic acids is 1. The molecule has 5 heteroatoms. The third-order valence-electron chi connectivity index (χ3n) is 3.69. The van der Waals surface area contributed by atoms with E-state index in [4.69, 9.17) is 11.6 Å². The fraction of sp³-hybridized carbons (Fsp3) is 0.250. The van der Waals surface area contributed by atoms with E-state index < -0.39 is 5.97 Å². The highest BCUT2D eigenvalue weighted by Crippen LogP contribution is 2.34. The lowest BCUT2D eigenvalue weighted by atomic mass is 10.1. The molecule has 0 radical (unpaired) electrons. The smallest absolute Gasteiger partial charge is 0.339 e. The summed E-state index contributed by atoms with van der Waals surface area (Å²) in [5.74, 6) is -0.569. The van der Waals surface area contributed by atoms with Crippen molar-refractivity contribution < 1.29 is 9.90 Å². The van der Waals surface area contributed by atoms with Crippen LogP contribution in [0.3, 0.4) is 0 Å². The molecule has 1 aromatic carbocycles. The van der Waals surface area contributed by atoms with Crippen molar-refractivity contribution in [2.75, 3.05) is 11.4 Å². The van der Waals surface area contributed by atoms with Crippen molar-refractivity contribution in [2.24, 2.45) is 0 Å². The molecule has 1 aliphatic heterocycles. The third-order valence-corrected chi connectivity index (χ3v) is 3.90. The molecule has 1 N–H and O–H groups in total. The summed E-state index contributed by atoms with van der Waals surface area (Å²) in [7, 11) is 0. The minimum absolute atomic E-state index is 0.177. The second-order valence-electron chi connectivity index (χ2n) is 5.05. The van der Waals surface area contributed by atoms with Crippen molar-refractivity contribution in [1.82, 2.24) is 4.98 Å². The Hall–Kier alpha value is -2.07. The lowest BCUT2D eigenvalue weighted by molar-refractivity contribution is 0.0697. The molecule has 0 saturated heterocycles. The van der Waals surface area contributed by atoms with Gasteiger partial charge < -0.3 is 10.0 Å². The van der Waals surface area contributed by atoms with Crippen LogP contribution in [0.15, 0.2) is 36.4 Å². The van der Waals surface area contributed by atoms with E-state index >= 15 is 0 Å². The average Bonchev–Trinajstić information content (AvgIpc) is 2.69. The van der Waals surface area contributed by atoms with E-state index in [1.807, 2.05) is 23.1 Å². The molecule has 0 bridgehead atoms. The van der Waals surface area contributed by atoms with Crippen LogP contribution >= 0.6 is 11.6 Å². The van der Waals surface area contributed by atoms with Gasteiger partial charge in [0.15, 0.2) is 0 Å². The van der Waals surface area contributed by atoms with Gasteiger partial charge in [0, 0.05) is 12.2 Å². The standard InChI is InChI=1S/C16H15ClN2O2/c17-14-9-8-12(16(20)21)15(18-14)19-10-4-3-6-11-5-1-2-7-13(11)19/h1-2,5,7-9H,3-4,6,10H2,(H,20,21). The van der Waals surface area contributed by atoms with Gasteiger partial charge >= 0.3 is 5.97 Å². The SMILES string of the molecule is O=C(O)c1ccc(Cl)nc1N1CCCCc2ccccc21. The van der Waals surface area contributed by atoms with E-state index in [0.29, 0.717) is 11.0 Å². The molecule has 0 saturated carbocycles. The Morgan fingerprint density at radius 1 is 1.19 bits per heavy atom. The predicted molar refractivity (Wildman–Crippen MR) is 82.6 cm³/mol. The minimum Gasteiger partial charge on any atom is -0.478 e. The van der Waals surface area contributed by atoms with E-state index in [0.717, 1.165) is 31.5 Å². The van der Waals surface area contributed by atoms with Crippen LogP contribution in [-0.2, 0) is 6.42 Å². The number of benzene rings is 1. The molecule has 0 fully saturated rings. The van der Waals surface area contributed by atoms with Crippen LogP contribution in [0.5, 0.6) is 0 Å². The molecule has 0 amide bonds. The Morgan fingerprint density at radius 2 is 2.00 bits per heavy atom. The van der Waals surface area contributed by atoms with Gasteiger partial charge in [0.2, 0.25) is 0 Å². The Bertz CT molecular complexity index is 688. The van der Waals surface area contributed by atoms with Gasteiger partial charge in [-0.1, -0.05) is 29.8 Å². The summed E-state index contributed by atoms with van der Waals surface area (Å²) in [5, 5.41) is 9.70. The quantitative estimate of drug-likeness (QED) is 0.855. The zero-order valence-electron chi connectivity index (χ0n) is 11.4. The van der Waals surface area contributed by atoms with Crippen LogP contribution in [0, 0.1) is 0 Å². The molecule has 0 spiro atoms. The summed E-state index contributed by atoms with van der Waals surface area (Å²) in [6, 6.07) is 11.1. The number of aromatic nitrogens is 1. The maximum absolute atomic E-state index is 11.5. The highest BCUT2D eigenvalue weighted by molar-refractivity contribution is 6.29. The largest absolute Gasteiger partial charge is 0.478 e. The molecule has 2 aromatic rings. The molecule has 1 aliphatic rings. The number of carboxylic acid groups (broad SMARTS) is 1. The Labute approximate surface area is 128 Å². The molecule has 21 heavy (non-hydrogen) atoms. The van der Waals surface area contributed by atoms with Crippen LogP contribution in [0.2, 0.25) is 5.15 Å². The van der Waals surface area contributed by atoms with Gasteiger partial charge in [0.05, 0.1) is 0 Å². The van der Waals surface area contributed by atoms with Gasteiger partial charge in [-0.25, -0.2) is 9.78 Å². The molecule has 108 valence electrons. The Balaban J connectivity index is 2.16. The first-order valence-corrected chi connectivity index (χ1v) is 7.30. The van der Waals surface area contributed by atoms with E-state index in [-0.39, 0.29) is 5.56 Å². The molecule has 2 heterocycles. The first-order valence-electron chi connectivity index (χ1n) is 6.92. The fourth-order valence-corrected chi connectivity index (χ4v) is 2.85. The number of halogens is 1. The summed E-state index contributed by atoms with van der Waals surface area (Å²) in [6.07, 6.45) is 3.06. The zero-order chi connectivity index (χ0) is 14.8. The maximum Gasteiger partial charge on any atom is 0.339 e. The van der Waals surface area contributed by atoms with Gasteiger partial charge in [-0.15, -0.1) is 0 Å². The van der Waals surface area contributed by atoms with Crippen molar-refractivity contribution in [3.8, 4) is 0 Å². The number of hydrogen-bond donors (Lipinski definition) is 1. The number of nitrogens with zero attached hydrogens (tertiary/aromatic N) is 2. The molecule has 1 aromatic heterocycles. The third kappa shape index (κ3) is 2.72. The van der Waals surface area contributed by atoms with Gasteiger partial charge in [0.1, 0.15) is 16.5 Å². The van der Waals surface area contributed by atoms with E-state index in [2.05, 4.69) is 11.1 Å². The van der Waals surface area contributed by atoms with Gasteiger partial charge in [0.25, 0.3) is 0 Å². The average molecular weight is 303 g/mol. The van der Waals surface area contributed by atoms with Crippen molar-refractivity contribution >= 4 is 29.1 Å². The molecule has 0 atom stereocenters. The van der Waals surface area contributed by atoms with Crippen LogP contribution < -0.4 is 4.90 Å². The molecule has 0 unspecified atom stereocenters. The number of anilines is 2. The Morgan fingerprint density at radius 3 is 2.81 bits per heavy atom. The van der Waals surface area contributed by atoms with Crippen LogP contribution in [0.1, 0.15) is 28.8 Å². The highest BCUT2D eigenvalue weighted by atomic mass is 35.5. The number of rotatable bonds is 2. The normalized spacial score (nSPS) is 14.4. The van der Waals surface area contributed by atoms with E-state index in [1.54, 1.807) is 0 Å². The number of aromatic carboxylic acids is 1. The summed E-state index contributed by atoms with van der Waals surface area (Å²) in [5.41, 5.74) is 2.41. The molecular formula is C16H15ClN2O2. The molecule has 4 nitrogen and oxygen atoms in total. The maximum atomic E-state index is 11.5. The second-order valence-corrected chi connectivity index (χ2v) is 5.44.